The van der Waals surface area contributed by atoms with E-state index in [0.29, 0.717) is 17.4 Å². The van der Waals surface area contributed by atoms with Gasteiger partial charge in [-0.1, -0.05) is 341 Å². The van der Waals surface area contributed by atoms with Crippen molar-refractivity contribution in [2.75, 3.05) is 47.5 Å². The standard InChI is InChI=1S/C71H140NO8P/c1-6-8-10-12-14-16-18-20-22-24-26-27-28-29-30-31-32-33-34-35-36-37-38-39-40-41-42-43-44-45-46-48-50-52-54-56-58-60-62-64-71(74)80-69(68-79-81(75,76)78-66-65-72(3,4)5)67-77-70(73)63-61-59-57-55-53-51-49-47-25-23-21-19-17-15-13-11-9-7-2/h24,26,69H,6-23,25,27-68H2,1-5H3/p+1/b26-24-. The van der Waals surface area contributed by atoms with Crippen molar-refractivity contribution in [3.63, 3.8) is 0 Å². The number of hydrogen-bond donors (Lipinski definition) is 1. The van der Waals surface area contributed by atoms with Crippen LogP contribution < -0.4 is 0 Å². The largest absolute Gasteiger partial charge is 0.472 e. The lowest BCUT2D eigenvalue weighted by Crippen LogP contribution is -2.37. The SMILES string of the molecule is CCCCCCCCCC/C=C\CCCCCCCCCCCCCCCCCCCCCCCCCCCCCC(=O)OC(COC(=O)CCCCCCCCCCCCCCCCCCCC)COP(=O)(O)OCC[N+](C)(C)C. The lowest BCUT2D eigenvalue weighted by Gasteiger charge is -2.24. The van der Waals surface area contributed by atoms with Gasteiger partial charge in [0, 0.05) is 12.8 Å². The molecule has 0 rings (SSSR count). The second-order valence-corrected chi connectivity index (χ2v) is 27.4. The number of carbonyl (C=O) groups is 2. The molecule has 482 valence electrons. The number of unbranched alkanes of at least 4 members (excludes halogenated alkanes) is 52. The maximum atomic E-state index is 12.9. The van der Waals surface area contributed by atoms with Crippen LogP contribution in [0.25, 0.3) is 0 Å². The third-order valence-corrected chi connectivity index (χ3v) is 17.5. The number of likely N-dealkylation sites (N-methyl/N-ethyl adjacent to an activating group) is 1. The maximum absolute atomic E-state index is 12.9. The van der Waals surface area contributed by atoms with Crippen LogP contribution >= 0.6 is 7.82 Å². The van der Waals surface area contributed by atoms with E-state index in [2.05, 4.69) is 26.0 Å². The summed E-state index contributed by atoms with van der Waals surface area (Å²) in [7, 11) is 1.50. The van der Waals surface area contributed by atoms with Gasteiger partial charge in [0.2, 0.25) is 0 Å². The van der Waals surface area contributed by atoms with Crippen molar-refractivity contribution in [1.29, 1.82) is 0 Å². The van der Waals surface area contributed by atoms with Gasteiger partial charge in [-0.05, 0) is 38.5 Å². The van der Waals surface area contributed by atoms with Crippen molar-refractivity contribution >= 4 is 19.8 Å². The van der Waals surface area contributed by atoms with Crippen molar-refractivity contribution < 1.29 is 42.1 Å². The average molecular weight is 1170 g/mol. The number of carbonyl (C=O) groups excluding carboxylic acids is 2. The van der Waals surface area contributed by atoms with E-state index in [1.54, 1.807) is 0 Å². The highest BCUT2D eigenvalue weighted by atomic mass is 31.2. The van der Waals surface area contributed by atoms with Crippen LogP contribution in [0, 0.1) is 0 Å². The molecule has 0 aliphatic carbocycles. The Labute approximate surface area is 505 Å². The van der Waals surface area contributed by atoms with Gasteiger partial charge in [-0.15, -0.1) is 0 Å². The molecule has 9 nitrogen and oxygen atoms in total. The smallest absolute Gasteiger partial charge is 0.462 e. The highest BCUT2D eigenvalue weighted by Crippen LogP contribution is 2.43. The highest BCUT2D eigenvalue weighted by molar-refractivity contribution is 7.47. The van der Waals surface area contributed by atoms with Crippen LogP contribution in [-0.4, -0.2) is 74.9 Å². The number of quaternary nitrogens is 1. The fourth-order valence-corrected chi connectivity index (χ4v) is 11.8. The number of ether oxygens (including phenoxy) is 2. The van der Waals surface area contributed by atoms with Crippen LogP contribution in [-0.2, 0) is 32.7 Å². The summed E-state index contributed by atoms with van der Waals surface area (Å²) in [6.45, 7) is 4.51. The van der Waals surface area contributed by atoms with Gasteiger partial charge in [0.25, 0.3) is 0 Å². The molecule has 2 unspecified atom stereocenters. The number of hydrogen-bond acceptors (Lipinski definition) is 7. The van der Waals surface area contributed by atoms with Crippen LogP contribution in [0.3, 0.4) is 0 Å². The van der Waals surface area contributed by atoms with Crippen molar-refractivity contribution in [2.24, 2.45) is 0 Å². The monoisotopic (exact) mass is 1170 g/mol. The highest BCUT2D eigenvalue weighted by Gasteiger charge is 2.27. The van der Waals surface area contributed by atoms with Gasteiger partial charge in [-0.3, -0.25) is 18.6 Å². The quantitative estimate of drug-likeness (QED) is 0.0211. The number of phosphoric ester groups is 1. The lowest BCUT2D eigenvalue weighted by molar-refractivity contribution is -0.870. The predicted molar refractivity (Wildman–Crippen MR) is 349 cm³/mol. The first kappa shape index (κ1) is 79.8. The van der Waals surface area contributed by atoms with Crippen LogP contribution in [0.4, 0.5) is 0 Å². The fraction of sp³-hybridized carbons (Fsp3) is 0.944. The molecule has 0 saturated heterocycles. The first-order valence-corrected chi connectivity index (χ1v) is 37.4. The molecule has 0 aromatic carbocycles. The van der Waals surface area contributed by atoms with Crippen LogP contribution in [0.2, 0.25) is 0 Å². The van der Waals surface area contributed by atoms with Crippen LogP contribution in [0.1, 0.15) is 380 Å². The molecule has 0 spiro atoms. The Morgan fingerprint density at radius 1 is 0.370 bits per heavy atom. The van der Waals surface area contributed by atoms with Gasteiger partial charge in [-0.2, -0.15) is 0 Å². The molecule has 2 atom stereocenters. The zero-order valence-electron chi connectivity index (χ0n) is 55.1. The summed E-state index contributed by atoms with van der Waals surface area (Å²) >= 11 is 0. The summed E-state index contributed by atoms with van der Waals surface area (Å²) < 4.78 is 34.7. The Morgan fingerprint density at radius 3 is 0.914 bits per heavy atom. The van der Waals surface area contributed by atoms with E-state index < -0.39 is 26.5 Å². The second-order valence-electron chi connectivity index (χ2n) is 26.0. The average Bonchev–Trinajstić information content (AvgIpc) is 3.43. The number of nitrogens with zero attached hydrogens (tertiary/aromatic N) is 1. The minimum Gasteiger partial charge on any atom is -0.462 e. The molecule has 0 heterocycles. The van der Waals surface area contributed by atoms with Gasteiger partial charge >= 0.3 is 19.8 Å². The van der Waals surface area contributed by atoms with Gasteiger partial charge < -0.3 is 18.9 Å². The molecule has 0 saturated carbocycles. The summed E-state index contributed by atoms with van der Waals surface area (Å²) in [5, 5.41) is 0. The summed E-state index contributed by atoms with van der Waals surface area (Å²) in [4.78, 5) is 35.8. The molecule has 0 aliphatic rings. The Balaban J connectivity index is 3.87. The van der Waals surface area contributed by atoms with Crippen LogP contribution in [0.15, 0.2) is 12.2 Å². The lowest BCUT2D eigenvalue weighted by atomic mass is 10.0. The molecule has 1 N–H and O–H groups in total. The van der Waals surface area contributed by atoms with Crippen molar-refractivity contribution in [3.8, 4) is 0 Å². The zero-order valence-corrected chi connectivity index (χ0v) is 56.0. The third kappa shape index (κ3) is 67.7. The van der Waals surface area contributed by atoms with Crippen molar-refractivity contribution in [3.05, 3.63) is 12.2 Å². The van der Waals surface area contributed by atoms with E-state index in [4.69, 9.17) is 18.5 Å². The minimum absolute atomic E-state index is 0.0369. The van der Waals surface area contributed by atoms with Crippen molar-refractivity contribution in [1.82, 2.24) is 0 Å². The topological polar surface area (TPSA) is 108 Å². The predicted octanol–water partition coefficient (Wildman–Crippen LogP) is 23.1. The Bertz CT molecular complexity index is 1370. The molecule has 0 aliphatic heterocycles. The third-order valence-electron chi connectivity index (χ3n) is 16.5. The fourth-order valence-electron chi connectivity index (χ4n) is 11.0. The van der Waals surface area contributed by atoms with E-state index in [0.717, 1.165) is 38.5 Å². The number of esters is 2. The molecular weight excluding hydrogens is 1030 g/mol. The normalized spacial score (nSPS) is 13.1. The Hall–Kier alpha value is -1.25. The molecule has 0 radical (unpaired) electrons. The molecule has 0 aromatic rings. The molecule has 81 heavy (non-hydrogen) atoms. The van der Waals surface area contributed by atoms with Gasteiger partial charge in [0.1, 0.15) is 19.8 Å². The van der Waals surface area contributed by atoms with Crippen LogP contribution in [0.5, 0.6) is 0 Å². The Kier molecular flexibility index (Phi) is 62.3. The number of rotatable bonds is 68. The number of allylic oxidation sites excluding steroid dienone is 2. The molecule has 0 amide bonds. The first-order valence-electron chi connectivity index (χ1n) is 35.9. The number of phosphoric acid groups is 1. The van der Waals surface area contributed by atoms with E-state index >= 15 is 0 Å². The molecular formula is C71H141NO8P+. The zero-order chi connectivity index (χ0) is 59.1. The second kappa shape index (κ2) is 63.3. The Morgan fingerprint density at radius 2 is 0.630 bits per heavy atom. The van der Waals surface area contributed by atoms with Gasteiger partial charge in [0.05, 0.1) is 27.7 Å². The van der Waals surface area contributed by atoms with Gasteiger partial charge in [-0.25, -0.2) is 4.57 Å². The molecule has 0 aromatic heterocycles. The summed E-state index contributed by atoms with van der Waals surface area (Å²) in [5.41, 5.74) is 0. The summed E-state index contributed by atoms with van der Waals surface area (Å²) in [5.74, 6) is -0.771. The molecule has 0 bridgehead atoms. The van der Waals surface area contributed by atoms with E-state index in [1.165, 1.54) is 315 Å². The first-order chi connectivity index (χ1) is 39.5. The maximum Gasteiger partial charge on any atom is 0.472 e. The minimum atomic E-state index is -4.38. The van der Waals surface area contributed by atoms with Gasteiger partial charge in [0.15, 0.2) is 6.10 Å². The summed E-state index contributed by atoms with van der Waals surface area (Å²) in [6, 6.07) is 0. The van der Waals surface area contributed by atoms with E-state index in [-0.39, 0.29) is 25.6 Å². The summed E-state index contributed by atoms with van der Waals surface area (Å²) in [6.07, 6.45) is 77.7. The van der Waals surface area contributed by atoms with Crippen molar-refractivity contribution in [2.45, 2.75) is 386 Å². The molecule has 0 fully saturated rings. The van der Waals surface area contributed by atoms with E-state index in [9.17, 15) is 19.0 Å². The van der Waals surface area contributed by atoms with E-state index in [1.807, 2.05) is 21.1 Å². The molecule has 10 heteroatoms.